The van der Waals surface area contributed by atoms with E-state index in [1.54, 1.807) is 51.1 Å². The van der Waals surface area contributed by atoms with Crippen molar-refractivity contribution in [3.63, 3.8) is 0 Å². The minimum absolute atomic E-state index is 0.0152. The number of ketones is 1. The van der Waals surface area contributed by atoms with E-state index >= 15 is 0 Å². The summed E-state index contributed by atoms with van der Waals surface area (Å²) in [4.78, 5) is 36.4. The molecule has 0 bridgehead atoms. The summed E-state index contributed by atoms with van der Waals surface area (Å²) in [7, 11) is 0. The third kappa shape index (κ3) is 5.17. The number of carbonyl (C=O) groups excluding carboxylic acids is 3. The van der Waals surface area contributed by atoms with E-state index in [-0.39, 0.29) is 28.9 Å². The van der Waals surface area contributed by atoms with E-state index in [1.807, 2.05) is 0 Å². The SMILES string of the molecule is Cc1ccc(O)c(C(=O)OC(C)C(=O)c2ccc(NC(=O)C(C)C)cc2)c1. The smallest absolute Gasteiger partial charge is 0.342 e. The molecule has 0 aliphatic heterocycles. The van der Waals surface area contributed by atoms with E-state index in [1.165, 1.54) is 19.1 Å². The van der Waals surface area contributed by atoms with E-state index in [2.05, 4.69) is 5.32 Å². The normalized spacial score (nSPS) is 11.7. The van der Waals surface area contributed by atoms with Crippen LogP contribution in [0.3, 0.4) is 0 Å². The summed E-state index contributed by atoms with van der Waals surface area (Å²) >= 11 is 0. The monoisotopic (exact) mass is 369 g/mol. The second-order valence-electron chi connectivity index (χ2n) is 6.65. The van der Waals surface area contributed by atoms with Crippen molar-refractivity contribution in [2.24, 2.45) is 5.92 Å². The Morgan fingerprint density at radius 1 is 1.00 bits per heavy atom. The average Bonchev–Trinajstić information content (AvgIpc) is 2.63. The zero-order chi connectivity index (χ0) is 20.1. The van der Waals surface area contributed by atoms with Gasteiger partial charge in [-0.1, -0.05) is 25.5 Å². The summed E-state index contributed by atoms with van der Waals surface area (Å²) in [6, 6.07) is 10.9. The van der Waals surface area contributed by atoms with E-state index in [9.17, 15) is 19.5 Å². The largest absolute Gasteiger partial charge is 0.507 e. The Balaban J connectivity index is 2.05. The number of Topliss-reactive ketones (excluding diaryl/α,β-unsaturated/α-hetero) is 1. The number of benzene rings is 2. The molecule has 0 aliphatic carbocycles. The molecule has 2 aromatic carbocycles. The zero-order valence-corrected chi connectivity index (χ0v) is 15.8. The van der Waals surface area contributed by atoms with Crippen molar-refractivity contribution in [2.45, 2.75) is 33.8 Å². The summed E-state index contributed by atoms with van der Waals surface area (Å²) in [6.07, 6.45) is -1.02. The first-order valence-electron chi connectivity index (χ1n) is 8.64. The van der Waals surface area contributed by atoms with Crippen LogP contribution >= 0.6 is 0 Å². The molecule has 142 valence electrons. The lowest BCUT2D eigenvalue weighted by Gasteiger charge is -2.14. The van der Waals surface area contributed by atoms with Gasteiger partial charge in [0.15, 0.2) is 6.10 Å². The summed E-state index contributed by atoms with van der Waals surface area (Å²) < 4.78 is 5.20. The first-order chi connectivity index (χ1) is 12.7. The molecular formula is C21H23NO5. The zero-order valence-electron chi connectivity index (χ0n) is 15.8. The van der Waals surface area contributed by atoms with Gasteiger partial charge in [-0.05, 0) is 50.2 Å². The molecule has 1 amide bonds. The number of phenols is 1. The predicted molar refractivity (Wildman–Crippen MR) is 102 cm³/mol. The molecule has 0 spiro atoms. The summed E-state index contributed by atoms with van der Waals surface area (Å²) in [6.45, 7) is 6.83. The Morgan fingerprint density at radius 3 is 2.22 bits per heavy atom. The lowest BCUT2D eigenvalue weighted by molar-refractivity contribution is -0.118. The second-order valence-corrected chi connectivity index (χ2v) is 6.65. The fourth-order valence-electron chi connectivity index (χ4n) is 2.33. The van der Waals surface area contributed by atoms with Crippen molar-refractivity contribution >= 4 is 23.3 Å². The lowest BCUT2D eigenvalue weighted by Crippen LogP contribution is -2.24. The molecule has 1 unspecified atom stereocenters. The maximum absolute atomic E-state index is 12.5. The molecule has 2 aromatic rings. The molecule has 6 heteroatoms. The summed E-state index contributed by atoms with van der Waals surface area (Å²) in [5.41, 5.74) is 1.74. The minimum atomic E-state index is -1.02. The Labute approximate surface area is 158 Å². The second kappa shape index (κ2) is 8.49. The molecule has 2 N–H and O–H groups in total. The van der Waals surface area contributed by atoms with Crippen LogP contribution in [0.1, 0.15) is 47.1 Å². The van der Waals surface area contributed by atoms with E-state index in [0.29, 0.717) is 11.3 Å². The number of aromatic hydroxyl groups is 1. The fraction of sp³-hybridized carbons (Fsp3) is 0.286. The fourth-order valence-corrected chi connectivity index (χ4v) is 2.33. The number of phenolic OH excluding ortho intramolecular Hbond substituents is 1. The Morgan fingerprint density at radius 2 is 1.63 bits per heavy atom. The number of nitrogens with one attached hydrogen (secondary N) is 1. The van der Waals surface area contributed by atoms with Gasteiger partial charge in [-0.15, -0.1) is 0 Å². The van der Waals surface area contributed by atoms with Crippen LogP contribution in [0.5, 0.6) is 5.75 Å². The number of rotatable bonds is 6. The number of amides is 1. The van der Waals surface area contributed by atoms with Gasteiger partial charge >= 0.3 is 5.97 Å². The van der Waals surface area contributed by atoms with Crippen LogP contribution in [-0.2, 0) is 9.53 Å². The Hall–Kier alpha value is -3.15. The molecule has 27 heavy (non-hydrogen) atoms. The standard InChI is InChI=1S/C21H23NO5/c1-12(2)20(25)22-16-8-6-15(7-9-16)19(24)14(4)27-21(26)17-11-13(3)5-10-18(17)23/h5-12,14,23H,1-4H3,(H,22,25). The third-order valence-corrected chi connectivity index (χ3v) is 3.99. The van der Waals surface area contributed by atoms with Crippen LogP contribution in [0.25, 0.3) is 0 Å². The molecule has 0 saturated heterocycles. The predicted octanol–water partition coefficient (Wildman–Crippen LogP) is 3.72. The Kier molecular flexibility index (Phi) is 6.34. The number of hydrogen-bond donors (Lipinski definition) is 2. The molecule has 0 radical (unpaired) electrons. The van der Waals surface area contributed by atoms with Crippen molar-refractivity contribution in [3.8, 4) is 5.75 Å². The Bertz CT molecular complexity index is 855. The lowest BCUT2D eigenvalue weighted by atomic mass is 10.1. The maximum atomic E-state index is 12.5. The molecular weight excluding hydrogens is 346 g/mol. The number of aryl methyl sites for hydroxylation is 1. The van der Waals surface area contributed by atoms with Crippen molar-refractivity contribution in [1.82, 2.24) is 0 Å². The van der Waals surface area contributed by atoms with Gasteiger partial charge in [0.2, 0.25) is 11.7 Å². The highest BCUT2D eigenvalue weighted by atomic mass is 16.5. The highest BCUT2D eigenvalue weighted by Crippen LogP contribution is 2.20. The number of ether oxygens (including phenoxy) is 1. The number of esters is 1. The maximum Gasteiger partial charge on any atom is 0.342 e. The topological polar surface area (TPSA) is 92.7 Å². The highest BCUT2D eigenvalue weighted by Gasteiger charge is 2.22. The van der Waals surface area contributed by atoms with Crippen molar-refractivity contribution < 1.29 is 24.2 Å². The first-order valence-corrected chi connectivity index (χ1v) is 8.64. The summed E-state index contributed by atoms with van der Waals surface area (Å²) in [5.74, 6) is -1.61. The van der Waals surface area contributed by atoms with Crippen molar-refractivity contribution in [2.75, 3.05) is 5.32 Å². The molecule has 1 atom stereocenters. The summed E-state index contributed by atoms with van der Waals surface area (Å²) in [5, 5.41) is 12.5. The van der Waals surface area contributed by atoms with Gasteiger partial charge in [-0.2, -0.15) is 0 Å². The van der Waals surface area contributed by atoms with Gasteiger partial charge < -0.3 is 15.2 Å². The van der Waals surface area contributed by atoms with Crippen LogP contribution < -0.4 is 5.32 Å². The van der Waals surface area contributed by atoms with Crippen LogP contribution in [-0.4, -0.2) is 28.9 Å². The number of carbonyl (C=O) groups is 3. The molecule has 0 heterocycles. The van der Waals surface area contributed by atoms with Gasteiger partial charge in [0.1, 0.15) is 11.3 Å². The first kappa shape index (κ1) is 20.2. The van der Waals surface area contributed by atoms with Crippen LogP contribution in [0.4, 0.5) is 5.69 Å². The van der Waals surface area contributed by atoms with Crippen molar-refractivity contribution in [3.05, 3.63) is 59.2 Å². The van der Waals surface area contributed by atoms with E-state index in [4.69, 9.17) is 4.74 Å². The average molecular weight is 369 g/mol. The molecule has 0 aromatic heterocycles. The third-order valence-electron chi connectivity index (χ3n) is 3.99. The van der Waals surface area contributed by atoms with Gasteiger partial charge in [-0.25, -0.2) is 4.79 Å². The number of anilines is 1. The van der Waals surface area contributed by atoms with Crippen LogP contribution in [0, 0.1) is 12.8 Å². The van der Waals surface area contributed by atoms with Gasteiger partial charge in [0, 0.05) is 17.2 Å². The molecule has 2 rings (SSSR count). The minimum Gasteiger partial charge on any atom is -0.507 e. The van der Waals surface area contributed by atoms with Gasteiger partial charge in [0.05, 0.1) is 0 Å². The van der Waals surface area contributed by atoms with Crippen LogP contribution in [0.2, 0.25) is 0 Å². The van der Waals surface area contributed by atoms with Gasteiger partial charge in [-0.3, -0.25) is 9.59 Å². The quantitative estimate of drug-likeness (QED) is 0.598. The molecule has 0 saturated carbocycles. The molecule has 0 fully saturated rings. The molecule has 0 aliphatic rings. The van der Waals surface area contributed by atoms with E-state index < -0.39 is 12.1 Å². The van der Waals surface area contributed by atoms with Crippen LogP contribution in [0.15, 0.2) is 42.5 Å². The highest BCUT2D eigenvalue weighted by molar-refractivity contribution is 6.02. The number of hydrogen-bond acceptors (Lipinski definition) is 5. The molecule has 6 nitrogen and oxygen atoms in total. The van der Waals surface area contributed by atoms with E-state index in [0.717, 1.165) is 5.56 Å². The van der Waals surface area contributed by atoms with Gasteiger partial charge in [0.25, 0.3) is 0 Å². The van der Waals surface area contributed by atoms with Crippen molar-refractivity contribution in [1.29, 1.82) is 0 Å².